The Hall–Kier alpha value is -1.99. The van der Waals surface area contributed by atoms with Gasteiger partial charge >= 0.3 is 0 Å². The average Bonchev–Trinajstić information content (AvgIpc) is 2.61. The second-order valence-corrected chi connectivity index (χ2v) is 6.21. The Balaban J connectivity index is 1.61. The molecule has 1 aromatic carbocycles. The van der Waals surface area contributed by atoms with Crippen LogP contribution in [0.5, 0.6) is 0 Å². The Labute approximate surface area is 142 Å². The van der Waals surface area contributed by atoms with Gasteiger partial charge in [0.25, 0.3) is 0 Å². The van der Waals surface area contributed by atoms with Gasteiger partial charge in [-0.3, -0.25) is 0 Å². The maximum absolute atomic E-state index is 12.9. The Kier molecular flexibility index (Phi) is 7.64. The van der Waals surface area contributed by atoms with Crippen molar-refractivity contribution < 1.29 is 13.5 Å². The van der Waals surface area contributed by atoms with Crippen LogP contribution in [0.2, 0.25) is 0 Å². The maximum atomic E-state index is 12.9. The summed E-state index contributed by atoms with van der Waals surface area (Å²) in [5, 5.41) is 8.29. The van der Waals surface area contributed by atoms with Crippen LogP contribution in [0.3, 0.4) is 0 Å². The molecular formula is C20H23F2NO. The van der Waals surface area contributed by atoms with Crippen LogP contribution in [0.15, 0.2) is 48.3 Å². The van der Waals surface area contributed by atoms with Crippen LogP contribution < -0.4 is 0 Å². The number of rotatable bonds is 7. The molecule has 128 valence electrons. The van der Waals surface area contributed by atoms with E-state index in [0.717, 1.165) is 44.1 Å². The number of nitrogens with zero attached hydrogens (tertiary/aromatic N) is 1. The normalized spacial score (nSPS) is 21.8. The number of ether oxygens (including phenoxy) is 1. The van der Waals surface area contributed by atoms with Crippen LogP contribution in [0.25, 0.3) is 0 Å². The van der Waals surface area contributed by atoms with Gasteiger partial charge in [0.1, 0.15) is 11.9 Å². The van der Waals surface area contributed by atoms with E-state index >= 15 is 0 Å². The van der Waals surface area contributed by atoms with Crippen molar-refractivity contribution in [1.82, 2.24) is 0 Å². The Bertz CT molecular complexity index is 593. The Morgan fingerprint density at radius 1 is 1.21 bits per heavy atom. The van der Waals surface area contributed by atoms with E-state index in [4.69, 9.17) is 10.00 Å². The van der Waals surface area contributed by atoms with Crippen LogP contribution in [-0.4, -0.2) is 6.10 Å². The smallest absolute Gasteiger partial charge is 0.199 e. The molecule has 0 heterocycles. The molecule has 0 atom stereocenters. The minimum absolute atomic E-state index is 0.223. The van der Waals surface area contributed by atoms with Crippen LogP contribution in [0.1, 0.15) is 44.1 Å². The van der Waals surface area contributed by atoms with Crippen LogP contribution in [-0.2, 0) is 11.3 Å². The zero-order valence-corrected chi connectivity index (χ0v) is 13.8. The van der Waals surface area contributed by atoms with E-state index in [9.17, 15) is 8.78 Å². The quantitative estimate of drug-likeness (QED) is 0.480. The minimum Gasteiger partial charge on any atom is -0.374 e. The fraction of sp³-hybridized carbons (Fsp3) is 0.450. The number of hydrogen-bond acceptors (Lipinski definition) is 2. The van der Waals surface area contributed by atoms with Gasteiger partial charge in [0.05, 0.1) is 12.7 Å². The number of benzene rings is 1. The fourth-order valence-electron chi connectivity index (χ4n) is 3.00. The monoisotopic (exact) mass is 331 g/mol. The summed E-state index contributed by atoms with van der Waals surface area (Å²) in [5.41, 5.74) is 1.00. The third kappa shape index (κ3) is 6.64. The lowest BCUT2D eigenvalue weighted by Crippen LogP contribution is -2.21. The molecule has 24 heavy (non-hydrogen) atoms. The van der Waals surface area contributed by atoms with Gasteiger partial charge in [-0.2, -0.15) is 9.65 Å². The van der Waals surface area contributed by atoms with E-state index in [2.05, 4.69) is 0 Å². The third-order valence-electron chi connectivity index (χ3n) is 4.42. The number of allylic oxidation sites excluding steroid dienone is 4. The summed E-state index contributed by atoms with van der Waals surface area (Å²) in [4.78, 5) is 0. The molecule has 0 aromatic heterocycles. The summed E-state index contributed by atoms with van der Waals surface area (Å²) >= 11 is 0. The molecule has 0 spiro atoms. The van der Waals surface area contributed by atoms with Crippen molar-refractivity contribution in [3.63, 3.8) is 0 Å². The molecule has 2 nitrogen and oxygen atoms in total. The van der Waals surface area contributed by atoms with Crippen molar-refractivity contribution in [2.75, 3.05) is 0 Å². The lowest BCUT2D eigenvalue weighted by molar-refractivity contribution is 0.00645. The SMILES string of the molecule is N#CC(F)=CC=CCCC1CCC(OCc2ccc(F)cc2)CC1. The molecule has 1 fully saturated rings. The van der Waals surface area contributed by atoms with Crippen molar-refractivity contribution in [2.45, 2.75) is 51.2 Å². The lowest BCUT2D eigenvalue weighted by Gasteiger charge is -2.28. The number of halogens is 2. The van der Waals surface area contributed by atoms with Crippen molar-refractivity contribution in [2.24, 2.45) is 5.92 Å². The van der Waals surface area contributed by atoms with Gasteiger partial charge in [0.2, 0.25) is 0 Å². The summed E-state index contributed by atoms with van der Waals surface area (Å²) in [6.07, 6.45) is 11.4. The molecule has 0 radical (unpaired) electrons. The highest BCUT2D eigenvalue weighted by Crippen LogP contribution is 2.30. The van der Waals surface area contributed by atoms with E-state index in [-0.39, 0.29) is 11.9 Å². The van der Waals surface area contributed by atoms with Crippen molar-refractivity contribution in [1.29, 1.82) is 5.26 Å². The summed E-state index contributed by atoms with van der Waals surface area (Å²) in [5.74, 6) is -0.297. The van der Waals surface area contributed by atoms with Gasteiger partial charge in [-0.05, 0) is 68.2 Å². The van der Waals surface area contributed by atoms with E-state index in [1.54, 1.807) is 18.2 Å². The second kappa shape index (κ2) is 10.00. The maximum Gasteiger partial charge on any atom is 0.199 e. The molecule has 1 saturated carbocycles. The lowest BCUT2D eigenvalue weighted by atomic mass is 9.84. The highest BCUT2D eigenvalue weighted by Gasteiger charge is 2.21. The van der Waals surface area contributed by atoms with Gasteiger partial charge in [-0.1, -0.05) is 24.3 Å². The predicted molar refractivity (Wildman–Crippen MR) is 90.1 cm³/mol. The van der Waals surface area contributed by atoms with Crippen LogP contribution in [0, 0.1) is 23.1 Å². The summed E-state index contributed by atoms with van der Waals surface area (Å²) in [6, 6.07) is 7.89. The first-order chi connectivity index (χ1) is 11.7. The average molecular weight is 331 g/mol. The third-order valence-corrected chi connectivity index (χ3v) is 4.42. The predicted octanol–water partition coefficient (Wildman–Crippen LogP) is 5.61. The molecule has 0 bridgehead atoms. The number of hydrogen-bond donors (Lipinski definition) is 0. The zero-order valence-electron chi connectivity index (χ0n) is 13.8. The standard InChI is InChI=1S/C20H23F2NO/c21-18-10-6-17(7-11-18)15-24-20-12-8-16(9-13-20)4-2-1-3-5-19(22)14-23/h1,3,5-7,10-11,16,20H,2,4,8-9,12-13,15H2. The van der Waals surface area contributed by atoms with Gasteiger partial charge in [0.15, 0.2) is 5.83 Å². The summed E-state index contributed by atoms with van der Waals surface area (Å²) in [6.45, 7) is 0.537. The molecule has 2 rings (SSSR count). The molecule has 0 unspecified atom stereocenters. The highest BCUT2D eigenvalue weighted by molar-refractivity contribution is 5.18. The molecule has 1 aliphatic carbocycles. The molecule has 0 aliphatic heterocycles. The van der Waals surface area contributed by atoms with Crippen molar-refractivity contribution >= 4 is 0 Å². The van der Waals surface area contributed by atoms with Gasteiger partial charge < -0.3 is 4.74 Å². The van der Waals surface area contributed by atoms with Crippen molar-refractivity contribution in [3.05, 3.63) is 59.7 Å². The second-order valence-electron chi connectivity index (χ2n) is 6.21. The Morgan fingerprint density at radius 2 is 1.92 bits per heavy atom. The first-order valence-electron chi connectivity index (χ1n) is 8.46. The topological polar surface area (TPSA) is 33.0 Å². The van der Waals surface area contributed by atoms with Gasteiger partial charge in [-0.15, -0.1) is 0 Å². The molecule has 1 aromatic rings. The summed E-state index contributed by atoms with van der Waals surface area (Å²) in [7, 11) is 0. The van der Waals surface area contributed by atoms with Crippen LogP contribution in [0.4, 0.5) is 8.78 Å². The molecule has 0 amide bonds. The van der Waals surface area contributed by atoms with Gasteiger partial charge in [0, 0.05) is 0 Å². The zero-order chi connectivity index (χ0) is 17.2. The first kappa shape index (κ1) is 18.4. The molecule has 0 saturated heterocycles. The fourth-order valence-corrected chi connectivity index (χ4v) is 3.00. The molecule has 0 N–H and O–H groups in total. The largest absolute Gasteiger partial charge is 0.374 e. The van der Waals surface area contributed by atoms with E-state index in [1.165, 1.54) is 24.3 Å². The number of nitriles is 1. The molecule has 1 aliphatic rings. The highest BCUT2D eigenvalue weighted by atomic mass is 19.1. The van der Waals surface area contributed by atoms with Gasteiger partial charge in [-0.25, -0.2) is 4.39 Å². The molecule has 4 heteroatoms. The Morgan fingerprint density at radius 3 is 2.58 bits per heavy atom. The van der Waals surface area contributed by atoms with E-state index in [1.807, 2.05) is 6.08 Å². The molecular weight excluding hydrogens is 308 g/mol. The van der Waals surface area contributed by atoms with E-state index < -0.39 is 5.83 Å². The summed E-state index contributed by atoms with van der Waals surface area (Å²) < 4.78 is 31.4. The first-order valence-corrected chi connectivity index (χ1v) is 8.46. The minimum atomic E-state index is -0.759. The van der Waals surface area contributed by atoms with Crippen LogP contribution >= 0.6 is 0 Å². The van der Waals surface area contributed by atoms with E-state index in [0.29, 0.717) is 12.5 Å². The van der Waals surface area contributed by atoms with Crippen molar-refractivity contribution in [3.8, 4) is 6.07 Å².